The molecule has 0 atom stereocenters. The van der Waals surface area contributed by atoms with Gasteiger partial charge in [0, 0.05) is 29.9 Å². The SMILES string of the molecule is CCN(CC)c1ccc(NS(=O)(=O)c2ccc(CN3C(=O)c4cccnc4C3=O)s2)c(C)c1. The van der Waals surface area contributed by atoms with E-state index in [4.69, 9.17) is 0 Å². The predicted molar refractivity (Wildman–Crippen MR) is 128 cm³/mol. The number of pyridine rings is 1. The minimum atomic E-state index is -3.82. The number of anilines is 2. The van der Waals surface area contributed by atoms with Gasteiger partial charge in [-0.15, -0.1) is 11.3 Å². The first-order valence-corrected chi connectivity index (χ1v) is 12.8. The number of thiophene rings is 1. The van der Waals surface area contributed by atoms with Crippen LogP contribution in [0.2, 0.25) is 0 Å². The van der Waals surface area contributed by atoms with Crippen LogP contribution in [0.4, 0.5) is 11.4 Å². The number of nitrogens with one attached hydrogen (secondary N) is 1. The number of nitrogens with zero attached hydrogens (tertiary/aromatic N) is 3. The Labute approximate surface area is 196 Å². The van der Waals surface area contributed by atoms with Crippen LogP contribution in [0, 0.1) is 6.92 Å². The number of imide groups is 1. The summed E-state index contributed by atoms with van der Waals surface area (Å²) in [5, 5.41) is 0. The lowest BCUT2D eigenvalue weighted by Gasteiger charge is -2.22. The molecule has 0 radical (unpaired) electrons. The first kappa shape index (κ1) is 22.9. The Morgan fingerprint density at radius 3 is 2.48 bits per heavy atom. The monoisotopic (exact) mass is 484 g/mol. The summed E-state index contributed by atoms with van der Waals surface area (Å²) >= 11 is 1.02. The van der Waals surface area contributed by atoms with Crippen molar-refractivity contribution in [3.63, 3.8) is 0 Å². The van der Waals surface area contributed by atoms with Crippen LogP contribution < -0.4 is 9.62 Å². The third kappa shape index (κ3) is 4.36. The van der Waals surface area contributed by atoms with Gasteiger partial charge in [0.1, 0.15) is 9.90 Å². The Morgan fingerprint density at radius 2 is 1.82 bits per heavy atom. The molecule has 0 spiro atoms. The van der Waals surface area contributed by atoms with Gasteiger partial charge in [-0.25, -0.2) is 8.42 Å². The highest BCUT2D eigenvalue weighted by molar-refractivity contribution is 7.94. The van der Waals surface area contributed by atoms with Crippen LogP contribution in [0.1, 0.15) is 45.1 Å². The summed E-state index contributed by atoms with van der Waals surface area (Å²) in [7, 11) is -3.82. The average Bonchev–Trinajstić information content (AvgIpc) is 3.37. The number of aromatic nitrogens is 1. The zero-order valence-electron chi connectivity index (χ0n) is 18.5. The molecule has 0 saturated heterocycles. The number of hydrogen-bond donors (Lipinski definition) is 1. The van der Waals surface area contributed by atoms with Crippen molar-refractivity contribution < 1.29 is 18.0 Å². The minimum absolute atomic E-state index is 0.00813. The molecule has 2 amide bonds. The molecule has 3 aromatic rings. The number of carbonyl (C=O) groups is 2. The van der Waals surface area contributed by atoms with Gasteiger partial charge >= 0.3 is 0 Å². The Kier molecular flexibility index (Phi) is 6.22. The summed E-state index contributed by atoms with van der Waals surface area (Å²) in [4.78, 5) is 32.9. The number of aryl methyl sites for hydroxylation is 1. The van der Waals surface area contributed by atoms with Gasteiger partial charge in [-0.2, -0.15) is 0 Å². The summed E-state index contributed by atoms with van der Waals surface area (Å²) in [5.41, 5.74) is 2.74. The van der Waals surface area contributed by atoms with Crippen molar-refractivity contribution >= 4 is 44.5 Å². The second-order valence-corrected chi connectivity index (χ2v) is 10.7. The number of sulfonamides is 1. The predicted octanol–water partition coefficient (Wildman–Crippen LogP) is 3.89. The zero-order chi connectivity index (χ0) is 23.8. The van der Waals surface area contributed by atoms with E-state index in [0.717, 1.165) is 40.6 Å². The van der Waals surface area contributed by atoms with Gasteiger partial charge in [0.05, 0.1) is 17.8 Å². The molecule has 8 nitrogen and oxygen atoms in total. The van der Waals surface area contributed by atoms with E-state index in [-0.39, 0.29) is 22.0 Å². The van der Waals surface area contributed by atoms with E-state index >= 15 is 0 Å². The number of fused-ring (bicyclic) bond motifs is 1. The lowest BCUT2D eigenvalue weighted by molar-refractivity contribution is 0.0642. The van der Waals surface area contributed by atoms with Gasteiger partial charge in [0.25, 0.3) is 21.8 Å². The lowest BCUT2D eigenvalue weighted by atomic mass is 10.1. The van der Waals surface area contributed by atoms with Crippen molar-refractivity contribution in [1.29, 1.82) is 0 Å². The minimum Gasteiger partial charge on any atom is -0.372 e. The van der Waals surface area contributed by atoms with Gasteiger partial charge in [0.15, 0.2) is 0 Å². The number of hydrogen-bond acceptors (Lipinski definition) is 7. The van der Waals surface area contributed by atoms with Gasteiger partial charge < -0.3 is 4.90 Å². The summed E-state index contributed by atoms with van der Waals surface area (Å²) in [6, 6.07) is 11.9. The van der Waals surface area contributed by atoms with Crippen molar-refractivity contribution in [1.82, 2.24) is 9.88 Å². The van der Waals surface area contributed by atoms with Crippen molar-refractivity contribution in [2.45, 2.75) is 31.5 Å². The van der Waals surface area contributed by atoms with E-state index in [9.17, 15) is 18.0 Å². The Balaban J connectivity index is 1.50. The molecule has 0 fully saturated rings. The highest BCUT2D eigenvalue weighted by Gasteiger charge is 2.37. The van der Waals surface area contributed by atoms with Gasteiger partial charge in [-0.05, 0) is 68.8 Å². The normalized spacial score (nSPS) is 13.4. The molecule has 0 unspecified atom stereocenters. The van der Waals surface area contributed by atoms with Gasteiger partial charge in [-0.1, -0.05) is 0 Å². The average molecular weight is 485 g/mol. The molecule has 1 aliphatic heterocycles. The first-order chi connectivity index (χ1) is 15.7. The van der Waals surface area contributed by atoms with Crippen LogP contribution in [0.5, 0.6) is 0 Å². The van der Waals surface area contributed by atoms with E-state index < -0.39 is 21.8 Å². The largest absolute Gasteiger partial charge is 0.372 e. The molecular weight excluding hydrogens is 460 g/mol. The fraction of sp³-hybridized carbons (Fsp3) is 0.261. The molecule has 0 bridgehead atoms. The molecule has 0 aliphatic carbocycles. The van der Waals surface area contributed by atoms with Gasteiger partial charge in [-0.3, -0.25) is 24.2 Å². The molecule has 10 heteroatoms. The Bertz CT molecular complexity index is 1290. The highest BCUT2D eigenvalue weighted by atomic mass is 32.2. The smallest absolute Gasteiger partial charge is 0.280 e. The standard InChI is InChI=1S/C23H24N4O4S2/c1-4-26(5-2)16-8-10-19(15(3)13-16)25-33(30,31)20-11-9-17(32-20)14-27-22(28)18-7-6-12-24-21(18)23(27)29/h6-13,25H,4-5,14H2,1-3H3. The van der Waals surface area contributed by atoms with Crippen LogP contribution in [-0.2, 0) is 16.6 Å². The molecule has 1 aromatic carbocycles. The molecule has 2 aromatic heterocycles. The van der Waals surface area contributed by atoms with E-state index in [0.29, 0.717) is 10.6 Å². The number of carbonyl (C=O) groups excluding carboxylic acids is 2. The number of benzene rings is 1. The molecule has 1 N–H and O–H groups in total. The molecular formula is C23H24N4O4S2. The zero-order valence-corrected chi connectivity index (χ0v) is 20.2. The second-order valence-electron chi connectivity index (χ2n) is 7.59. The number of amides is 2. The quantitative estimate of drug-likeness (QED) is 0.487. The first-order valence-electron chi connectivity index (χ1n) is 10.5. The number of rotatable bonds is 8. The lowest BCUT2D eigenvalue weighted by Crippen LogP contribution is -2.28. The highest BCUT2D eigenvalue weighted by Crippen LogP contribution is 2.30. The maximum atomic E-state index is 13.0. The third-order valence-corrected chi connectivity index (χ3v) is 8.46. The van der Waals surface area contributed by atoms with Crippen molar-refractivity contribution in [2.75, 3.05) is 22.7 Å². The van der Waals surface area contributed by atoms with Crippen LogP contribution in [0.25, 0.3) is 0 Å². The van der Waals surface area contributed by atoms with Crippen LogP contribution in [0.15, 0.2) is 52.9 Å². The molecule has 4 rings (SSSR count). The van der Waals surface area contributed by atoms with E-state index in [1.807, 2.05) is 19.1 Å². The fourth-order valence-corrected chi connectivity index (χ4v) is 6.22. The topological polar surface area (TPSA) is 99.7 Å². The third-order valence-electron chi connectivity index (χ3n) is 5.53. The summed E-state index contributed by atoms with van der Waals surface area (Å²) < 4.78 is 28.7. The molecule has 1 aliphatic rings. The fourth-order valence-electron chi connectivity index (χ4n) is 3.74. The van der Waals surface area contributed by atoms with Crippen molar-refractivity contribution in [3.05, 3.63) is 70.4 Å². The summed E-state index contributed by atoms with van der Waals surface area (Å²) in [5.74, 6) is -0.904. The van der Waals surface area contributed by atoms with Gasteiger partial charge in [0.2, 0.25) is 0 Å². The maximum absolute atomic E-state index is 13.0. The molecule has 3 heterocycles. The molecule has 0 saturated carbocycles. The Hall–Kier alpha value is -3.24. The molecule has 33 heavy (non-hydrogen) atoms. The maximum Gasteiger partial charge on any atom is 0.280 e. The Morgan fingerprint density at radius 1 is 1.06 bits per heavy atom. The van der Waals surface area contributed by atoms with Crippen LogP contribution in [0.3, 0.4) is 0 Å². The van der Waals surface area contributed by atoms with Crippen molar-refractivity contribution in [3.8, 4) is 0 Å². The summed E-state index contributed by atoms with van der Waals surface area (Å²) in [6.45, 7) is 7.72. The van der Waals surface area contributed by atoms with E-state index in [1.54, 1.807) is 24.3 Å². The van der Waals surface area contributed by atoms with E-state index in [2.05, 4.69) is 28.5 Å². The molecule has 172 valence electrons. The van der Waals surface area contributed by atoms with Crippen molar-refractivity contribution in [2.24, 2.45) is 0 Å². The van der Waals surface area contributed by atoms with Crippen LogP contribution in [-0.4, -0.2) is 43.2 Å². The second kappa shape index (κ2) is 8.95. The van der Waals surface area contributed by atoms with Crippen LogP contribution >= 0.6 is 11.3 Å². The summed E-state index contributed by atoms with van der Waals surface area (Å²) in [6.07, 6.45) is 1.46. The van der Waals surface area contributed by atoms with E-state index in [1.165, 1.54) is 12.3 Å².